The first-order valence-corrected chi connectivity index (χ1v) is 11.7. The standard InChI is InChI=1S/C23H30N2O3S/c1-5-25(21-14-17(2)13-18(3)15-21)23(26)20-10-9-19(4)22(16-20)29(27,28)24-11-7-6-8-12-24/h9-10,13-16H,5-8,11-12H2,1-4H3. The van der Waals surface area contributed by atoms with Gasteiger partial charge in [-0.15, -0.1) is 0 Å². The zero-order chi connectivity index (χ0) is 21.2. The molecule has 1 heterocycles. The first-order chi connectivity index (χ1) is 13.7. The second kappa shape index (κ2) is 8.67. The third-order valence-electron chi connectivity index (χ3n) is 5.45. The smallest absolute Gasteiger partial charge is 0.258 e. The quantitative estimate of drug-likeness (QED) is 0.726. The lowest BCUT2D eigenvalue weighted by Gasteiger charge is -2.27. The Kier molecular flexibility index (Phi) is 6.44. The number of benzene rings is 2. The number of carbonyl (C=O) groups is 1. The van der Waals surface area contributed by atoms with Crippen molar-refractivity contribution in [1.82, 2.24) is 4.31 Å². The van der Waals surface area contributed by atoms with E-state index >= 15 is 0 Å². The number of hydrogen-bond acceptors (Lipinski definition) is 3. The van der Waals surface area contributed by atoms with E-state index in [1.165, 1.54) is 0 Å². The predicted molar refractivity (Wildman–Crippen MR) is 117 cm³/mol. The van der Waals surface area contributed by atoms with Crippen LogP contribution in [0.4, 0.5) is 5.69 Å². The largest absolute Gasteiger partial charge is 0.309 e. The lowest BCUT2D eigenvalue weighted by Crippen LogP contribution is -2.36. The van der Waals surface area contributed by atoms with Crippen molar-refractivity contribution in [3.63, 3.8) is 0 Å². The molecule has 3 rings (SSSR count). The summed E-state index contributed by atoms with van der Waals surface area (Å²) in [6.45, 7) is 9.31. The Labute approximate surface area is 174 Å². The lowest BCUT2D eigenvalue weighted by atomic mass is 10.1. The Balaban J connectivity index is 1.98. The Hall–Kier alpha value is -2.18. The van der Waals surface area contributed by atoms with E-state index in [1.54, 1.807) is 34.3 Å². The first kappa shape index (κ1) is 21.5. The van der Waals surface area contributed by atoms with Crippen LogP contribution in [0.5, 0.6) is 0 Å². The van der Waals surface area contributed by atoms with Crippen LogP contribution in [0.1, 0.15) is 53.2 Å². The molecular weight excluding hydrogens is 384 g/mol. The molecule has 0 unspecified atom stereocenters. The molecule has 1 amide bonds. The van der Waals surface area contributed by atoms with Crippen molar-refractivity contribution in [2.75, 3.05) is 24.5 Å². The Morgan fingerprint density at radius 2 is 1.59 bits per heavy atom. The summed E-state index contributed by atoms with van der Waals surface area (Å²) < 4.78 is 27.9. The van der Waals surface area contributed by atoms with Crippen molar-refractivity contribution in [2.24, 2.45) is 0 Å². The number of anilines is 1. The highest BCUT2D eigenvalue weighted by molar-refractivity contribution is 7.89. The van der Waals surface area contributed by atoms with Crippen LogP contribution in [-0.2, 0) is 10.0 Å². The molecule has 29 heavy (non-hydrogen) atoms. The van der Waals surface area contributed by atoms with E-state index in [2.05, 4.69) is 6.07 Å². The van der Waals surface area contributed by atoms with Crippen LogP contribution in [-0.4, -0.2) is 38.3 Å². The number of carbonyl (C=O) groups excluding carboxylic acids is 1. The van der Waals surface area contributed by atoms with E-state index < -0.39 is 10.0 Å². The van der Waals surface area contributed by atoms with Crippen LogP contribution >= 0.6 is 0 Å². The average Bonchev–Trinajstić information content (AvgIpc) is 2.68. The van der Waals surface area contributed by atoms with Gasteiger partial charge in [-0.05, 0) is 81.5 Å². The highest BCUT2D eigenvalue weighted by Crippen LogP contribution is 2.26. The predicted octanol–water partition coefficient (Wildman–Crippen LogP) is 4.45. The van der Waals surface area contributed by atoms with Gasteiger partial charge in [0.15, 0.2) is 0 Å². The Bertz CT molecular complexity index is 989. The minimum Gasteiger partial charge on any atom is -0.309 e. The molecule has 1 aliphatic heterocycles. The molecule has 6 heteroatoms. The van der Waals surface area contributed by atoms with E-state index in [4.69, 9.17) is 0 Å². The fourth-order valence-electron chi connectivity index (χ4n) is 3.96. The molecule has 0 atom stereocenters. The van der Waals surface area contributed by atoms with Gasteiger partial charge in [-0.2, -0.15) is 4.31 Å². The van der Waals surface area contributed by atoms with Gasteiger partial charge in [0.05, 0.1) is 4.90 Å². The van der Waals surface area contributed by atoms with Crippen LogP contribution in [0.25, 0.3) is 0 Å². The number of sulfonamides is 1. The molecule has 5 nitrogen and oxygen atoms in total. The van der Waals surface area contributed by atoms with Crippen molar-refractivity contribution in [2.45, 2.75) is 51.9 Å². The molecule has 0 bridgehead atoms. The van der Waals surface area contributed by atoms with Gasteiger partial charge in [-0.3, -0.25) is 4.79 Å². The number of amides is 1. The van der Waals surface area contributed by atoms with Gasteiger partial charge in [0, 0.05) is 30.9 Å². The van der Waals surface area contributed by atoms with E-state index in [-0.39, 0.29) is 10.8 Å². The van der Waals surface area contributed by atoms with Gasteiger partial charge in [0.25, 0.3) is 5.91 Å². The van der Waals surface area contributed by atoms with Crippen molar-refractivity contribution in [3.8, 4) is 0 Å². The molecule has 156 valence electrons. The minimum atomic E-state index is -3.60. The van der Waals surface area contributed by atoms with E-state index in [9.17, 15) is 13.2 Å². The number of piperidine rings is 1. The molecule has 2 aromatic rings. The molecule has 0 saturated carbocycles. The molecule has 1 saturated heterocycles. The number of aryl methyl sites for hydroxylation is 3. The van der Waals surface area contributed by atoms with Crippen LogP contribution in [0.2, 0.25) is 0 Å². The molecule has 2 aromatic carbocycles. The topological polar surface area (TPSA) is 57.7 Å². The van der Waals surface area contributed by atoms with E-state index in [0.29, 0.717) is 30.8 Å². The highest BCUT2D eigenvalue weighted by atomic mass is 32.2. The summed E-state index contributed by atoms with van der Waals surface area (Å²) in [4.78, 5) is 15.2. The zero-order valence-electron chi connectivity index (χ0n) is 17.7. The molecule has 1 aliphatic rings. The maximum Gasteiger partial charge on any atom is 0.258 e. The monoisotopic (exact) mass is 414 g/mol. The third kappa shape index (κ3) is 4.54. The van der Waals surface area contributed by atoms with E-state index in [1.807, 2.05) is 32.9 Å². The maximum atomic E-state index is 13.3. The van der Waals surface area contributed by atoms with Crippen LogP contribution in [0.3, 0.4) is 0 Å². The lowest BCUT2D eigenvalue weighted by molar-refractivity contribution is 0.0988. The van der Waals surface area contributed by atoms with Gasteiger partial charge in [0.1, 0.15) is 0 Å². The molecule has 1 fully saturated rings. The van der Waals surface area contributed by atoms with Gasteiger partial charge in [-0.1, -0.05) is 18.6 Å². The van der Waals surface area contributed by atoms with Crippen molar-refractivity contribution in [3.05, 3.63) is 58.7 Å². The van der Waals surface area contributed by atoms with Crippen molar-refractivity contribution >= 4 is 21.6 Å². The Morgan fingerprint density at radius 1 is 0.966 bits per heavy atom. The van der Waals surface area contributed by atoms with Crippen molar-refractivity contribution in [1.29, 1.82) is 0 Å². The number of hydrogen-bond donors (Lipinski definition) is 0. The van der Waals surface area contributed by atoms with Gasteiger partial charge in [0.2, 0.25) is 10.0 Å². The Morgan fingerprint density at radius 3 is 2.17 bits per heavy atom. The summed E-state index contributed by atoms with van der Waals surface area (Å²) in [5, 5.41) is 0. The minimum absolute atomic E-state index is 0.187. The van der Waals surface area contributed by atoms with Gasteiger partial charge < -0.3 is 4.90 Å². The number of rotatable bonds is 5. The molecule has 0 aromatic heterocycles. The molecule has 0 spiro atoms. The van der Waals surface area contributed by atoms with Crippen molar-refractivity contribution < 1.29 is 13.2 Å². The molecular formula is C23H30N2O3S. The normalized spacial score (nSPS) is 15.3. The van der Waals surface area contributed by atoms with Gasteiger partial charge in [-0.25, -0.2) is 8.42 Å². The summed E-state index contributed by atoms with van der Waals surface area (Å²) in [7, 11) is -3.60. The number of nitrogens with zero attached hydrogens (tertiary/aromatic N) is 2. The summed E-state index contributed by atoms with van der Waals surface area (Å²) >= 11 is 0. The summed E-state index contributed by atoms with van der Waals surface area (Å²) in [5.74, 6) is -0.187. The fraction of sp³-hybridized carbons (Fsp3) is 0.435. The van der Waals surface area contributed by atoms with E-state index in [0.717, 1.165) is 36.1 Å². The summed E-state index contributed by atoms with van der Waals surface area (Å²) in [5.41, 5.74) is 4.07. The molecule has 0 aliphatic carbocycles. The van der Waals surface area contributed by atoms with Crippen LogP contribution in [0, 0.1) is 20.8 Å². The second-order valence-corrected chi connectivity index (χ2v) is 9.75. The second-order valence-electron chi connectivity index (χ2n) is 7.84. The van der Waals surface area contributed by atoms with Crippen LogP contribution in [0.15, 0.2) is 41.3 Å². The first-order valence-electron chi connectivity index (χ1n) is 10.2. The fourth-order valence-corrected chi connectivity index (χ4v) is 5.73. The SMILES string of the molecule is CCN(C(=O)c1ccc(C)c(S(=O)(=O)N2CCCCC2)c1)c1cc(C)cc(C)c1. The van der Waals surface area contributed by atoms with Gasteiger partial charge >= 0.3 is 0 Å². The average molecular weight is 415 g/mol. The molecule has 0 N–H and O–H groups in total. The summed E-state index contributed by atoms with van der Waals surface area (Å²) in [6, 6.07) is 11.0. The van der Waals surface area contributed by atoms with Crippen LogP contribution < -0.4 is 4.90 Å². The molecule has 0 radical (unpaired) electrons. The third-order valence-corrected chi connectivity index (χ3v) is 7.49. The zero-order valence-corrected chi connectivity index (χ0v) is 18.6. The highest BCUT2D eigenvalue weighted by Gasteiger charge is 2.28. The maximum absolute atomic E-state index is 13.3. The summed E-state index contributed by atoms with van der Waals surface area (Å²) in [6.07, 6.45) is 2.82.